The fourth-order valence-electron chi connectivity index (χ4n) is 5.82. The minimum Gasteiger partial charge on any atom is -0.481 e. The highest BCUT2D eigenvalue weighted by Gasteiger charge is 2.30. The lowest BCUT2D eigenvalue weighted by atomic mass is 9.82. The second-order valence-corrected chi connectivity index (χ2v) is 10.8. The van der Waals surface area contributed by atoms with Crippen molar-refractivity contribution >= 4 is 28.5 Å². The average Bonchev–Trinajstić information content (AvgIpc) is 3.34. The molecule has 214 valence electrons. The first kappa shape index (κ1) is 28.2. The van der Waals surface area contributed by atoms with Crippen molar-refractivity contribution in [3.63, 3.8) is 0 Å². The Morgan fingerprint density at radius 3 is 2.59 bits per heavy atom. The summed E-state index contributed by atoms with van der Waals surface area (Å²) < 4.78 is 12.1. The molecular weight excluding hydrogens is 518 g/mol. The smallest absolute Gasteiger partial charge is 0.305 e. The highest BCUT2D eigenvalue weighted by Crippen LogP contribution is 2.42. The third kappa shape index (κ3) is 6.21. The molecule has 4 aromatic rings. The number of methoxy groups -OCH3 is 1. The van der Waals surface area contributed by atoms with Gasteiger partial charge in [-0.05, 0) is 79.8 Å². The molecule has 2 N–H and O–H groups in total. The third-order valence-corrected chi connectivity index (χ3v) is 8.11. The summed E-state index contributed by atoms with van der Waals surface area (Å²) in [6.45, 7) is 2.29. The van der Waals surface area contributed by atoms with Crippen LogP contribution in [0.3, 0.4) is 0 Å². The van der Waals surface area contributed by atoms with Gasteiger partial charge >= 0.3 is 5.97 Å². The quantitative estimate of drug-likeness (QED) is 0.215. The molecule has 1 saturated carbocycles. The number of hydrogen-bond donors (Lipinski definition) is 2. The first-order valence-corrected chi connectivity index (χ1v) is 14.2. The van der Waals surface area contributed by atoms with Crippen LogP contribution in [0.25, 0.3) is 22.1 Å². The summed E-state index contributed by atoms with van der Waals surface area (Å²) in [5.41, 5.74) is 5.34. The van der Waals surface area contributed by atoms with Crippen molar-refractivity contribution in [2.24, 2.45) is 5.92 Å². The average molecular weight is 556 g/mol. The van der Waals surface area contributed by atoms with Crippen LogP contribution >= 0.6 is 0 Å². The Hall–Kier alpha value is -4.33. The molecule has 0 saturated heterocycles. The van der Waals surface area contributed by atoms with Gasteiger partial charge in [0.25, 0.3) is 5.91 Å². The SMILES string of the molecule is COc1ncccc1-c1ccc2oc(C(Nc3ccc(C(=O)N(C)CCC(=O)O)cc3)C3CCCCC3)c(C)c2c1. The summed E-state index contributed by atoms with van der Waals surface area (Å²) in [5, 5.41) is 13.7. The highest BCUT2D eigenvalue weighted by atomic mass is 16.5. The topological polar surface area (TPSA) is 105 Å². The molecule has 0 bridgehead atoms. The van der Waals surface area contributed by atoms with Gasteiger partial charge in [0.15, 0.2) is 0 Å². The maximum atomic E-state index is 12.8. The van der Waals surface area contributed by atoms with Crippen LogP contribution in [0.15, 0.2) is 65.2 Å². The van der Waals surface area contributed by atoms with Crippen molar-refractivity contribution in [3.8, 4) is 17.0 Å². The number of aryl methyl sites for hydroxylation is 1. The van der Waals surface area contributed by atoms with Crippen LogP contribution in [-0.2, 0) is 4.79 Å². The lowest BCUT2D eigenvalue weighted by Gasteiger charge is -2.31. The van der Waals surface area contributed by atoms with Crippen LogP contribution in [0.1, 0.15) is 66.2 Å². The van der Waals surface area contributed by atoms with Crippen LogP contribution in [-0.4, -0.2) is 47.6 Å². The summed E-state index contributed by atoms with van der Waals surface area (Å²) in [4.78, 5) is 29.4. The van der Waals surface area contributed by atoms with E-state index >= 15 is 0 Å². The molecule has 1 atom stereocenters. The zero-order chi connectivity index (χ0) is 28.9. The number of ether oxygens (including phenoxy) is 1. The summed E-state index contributed by atoms with van der Waals surface area (Å²) in [6, 6.07) is 17.5. The number of carbonyl (C=O) groups is 2. The predicted molar refractivity (Wildman–Crippen MR) is 159 cm³/mol. The number of furan rings is 1. The van der Waals surface area contributed by atoms with Gasteiger partial charge < -0.3 is 24.5 Å². The molecule has 41 heavy (non-hydrogen) atoms. The number of anilines is 1. The molecule has 1 fully saturated rings. The van der Waals surface area contributed by atoms with Gasteiger partial charge in [0.1, 0.15) is 11.3 Å². The number of benzene rings is 2. The second-order valence-electron chi connectivity index (χ2n) is 10.8. The minimum atomic E-state index is -0.924. The molecule has 2 heterocycles. The van der Waals surface area contributed by atoms with Crippen LogP contribution in [0.2, 0.25) is 0 Å². The van der Waals surface area contributed by atoms with Gasteiger partial charge in [0, 0.05) is 47.6 Å². The van der Waals surface area contributed by atoms with E-state index in [4.69, 9.17) is 14.3 Å². The Bertz CT molecular complexity index is 1520. The predicted octanol–water partition coefficient (Wildman–Crippen LogP) is 7.09. The normalized spacial score (nSPS) is 14.5. The number of hydrogen-bond acceptors (Lipinski definition) is 6. The molecule has 8 nitrogen and oxygen atoms in total. The van der Waals surface area contributed by atoms with Crippen LogP contribution < -0.4 is 10.1 Å². The fraction of sp³-hybridized carbons (Fsp3) is 0.364. The molecule has 2 aromatic heterocycles. The van der Waals surface area contributed by atoms with Gasteiger partial charge in [0.2, 0.25) is 5.88 Å². The van der Waals surface area contributed by atoms with E-state index in [1.54, 1.807) is 32.5 Å². The lowest BCUT2D eigenvalue weighted by Crippen LogP contribution is -2.29. The third-order valence-electron chi connectivity index (χ3n) is 8.11. The molecule has 5 rings (SSSR count). The number of aliphatic carboxylic acids is 1. The van der Waals surface area contributed by atoms with Gasteiger partial charge in [-0.2, -0.15) is 0 Å². The molecule has 1 aliphatic rings. The van der Waals surface area contributed by atoms with Crippen molar-refractivity contribution in [2.75, 3.05) is 26.0 Å². The molecule has 0 aliphatic heterocycles. The number of carbonyl (C=O) groups excluding carboxylic acids is 1. The van der Waals surface area contributed by atoms with Crippen molar-refractivity contribution in [2.45, 2.75) is 51.5 Å². The Morgan fingerprint density at radius 2 is 1.88 bits per heavy atom. The largest absolute Gasteiger partial charge is 0.481 e. The second kappa shape index (κ2) is 12.5. The molecule has 1 unspecified atom stereocenters. The van der Waals surface area contributed by atoms with Crippen LogP contribution in [0, 0.1) is 12.8 Å². The molecule has 8 heteroatoms. The van der Waals surface area contributed by atoms with Crippen molar-refractivity contribution in [1.29, 1.82) is 0 Å². The Balaban J connectivity index is 1.43. The van der Waals surface area contributed by atoms with Gasteiger partial charge in [-0.3, -0.25) is 9.59 Å². The van der Waals surface area contributed by atoms with Crippen molar-refractivity contribution in [1.82, 2.24) is 9.88 Å². The van der Waals surface area contributed by atoms with E-state index in [0.717, 1.165) is 51.9 Å². The van der Waals surface area contributed by atoms with Gasteiger partial charge in [-0.25, -0.2) is 4.98 Å². The van der Waals surface area contributed by atoms with Gasteiger partial charge in [-0.1, -0.05) is 25.3 Å². The maximum absolute atomic E-state index is 12.8. The summed E-state index contributed by atoms with van der Waals surface area (Å²) >= 11 is 0. The highest BCUT2D eigenvalue weighted by molar-refractivity contribution is 5.94. The molecule has 0 radical (unpaired) electrons. The number of rotatable bonds is 10. The monoisotopic (exact) mass is 555 g/mol. The van der Waals surface area contributed by atoms with E-state index in [-0.39, 0.29) is 24.9 Å². The number of amides is 1. The fourth-order valence-corrected chi connectivity index (χ4v) is 5.82. The Kier molecular flexibility index (Phi) is 8.57. The first-order valence-electron chi connectivity index (χ1n) is 14.2. The van der Waals surface area contributed by atoms with Gasteiger partial charge in [-0.15, -0.1) is 0 Å². The van der Waals surface area contributed by atoms with Crippen molar-refractivity contribution in [3.05, 3.63) is 77.7 Å². The number of carboxylic acids is 1. The van der Waals surface area contributed by atoms with E-state index < -0.39 is 5.97 Å². The molecule has 2 aromatic carbocycles. The number of pyridine rings is 1. The zero-order valence-electron chi connectivity index (χ0n) is 23.9. The summed E-state index contributed by atoms with van der Waals surface area (Å²) in [6.07, 6.45) is 7.54. The van der Waals surface area contributed by atoms with E-state index in [1.807, 2.05) is 36.4 Å². The lowest BCUT2D eigenvalue weighted by molar-refractivity contribution is -0.137. The van der Waals surface area contributed by atoms with E-state index in [1.165, 1.54) is 24.2 Å². The van der Waals surface area contributed by atoms with E-state index in [0.29, 0.717) is 17.4 Å². The Labute approximate surface area is 240 Å². The number of aromatic nitrogens is 1. The maximum Gasteiger partial charge on any atom is 0.305 e. The molecule has 1 aliphatic carbocycles. The number of fused-ring (bicyclic) bond motifs is 1. The molecule has 0 spiro atoms. The minimum absolute atomic E-state index is 0.0149. The summed E-state index contributed by atoms with van der Waals surface area (Å²) in [5.74, 6) is 0.827. The van der Waals surface area contributed by atoms with E-state index in [2.05, 4.69) is 23.3 Å². The number of nitrogens with one attached hydrogen (secondary N) is 1. The van der Waals surface area contributed by atoms with Crippen LogP contribution in [0.5, 0.6) is 5.88 Å². The first-order chi connectivity index (χ1) is 19.9. The summed E-state index contributed by atoms with van der Waals surface area (Å²) in [7, 11) is 3.25. The van der Waals surface area contributed by atoms with Gasteiger partial charge in [0.05, 0.1) is 19.6 Å². The number of carboxylic acid groups (broad SMARTS) is 1. The molecule has 1 amide bonds. The van der Waals surface area contributed by atoms with Crippen molar-refractivity contribution < 1.29 is 23.8 Å². The molecular formula is C33H37N3O5. The number of nitrogens with zero attached hydrogens (tertiary/aromatic N) is 2. The Morgan fingerprint density at radius 1 is 1.12 bits per heavy atom. The standard InChI is InChI=1S/C33H37N3O5/c1-21-27-20-24(26-10-7-18-34-32(26)40-3)13-16-28(27)41-31(21)30(22-8-5-4-6-9-22)35-25-14-11-23(12-15-25)33(39)36(2)19-17-29(37)38/h7,10-16,18,20,22,30,35H,4-6,8-9,17,19H2,1-3H3,(H,37,38). The van der Waals surface area contributed by atoms with E-state index in [9.17, 15) is 9.59 Å². The van der Waals surface area contributed by atoms with Crippen LogP contribution in [0.4, 0.5) is 5.69 Å². The zero-order valence-corrected chi connectivity index (χ0v) is 23.9.